The number of aryl methyl sites for hydroxylation is 1. The second-order valence-electron chi connectivity index (χ2n) is 5.05. The van der Waals surface area contributed by atoms with Crippen LogP contribution in [0.1, 0.15) is 30.5 Å². The smallest absolute Gasteiger partial charge is 0.325 e. The van der Waals surface area contributed by atoms with E-state index in [2.05, 4.69) is 9.97 Å². The molecular weight excluding hydrogens is 262 g/mol. The lowest BCUT2D eigenvalue weighted by Gasteiger charge is -2.21. The summed E-state index contributed by atoms with van der Waals surface area (Å²) in [4.78, 5) is 41.2. The van der Waals surface area contributed by atoms with Gasteiger partial charge < -0.3 is 15.0 Å². The van der Waals surface area contributed by atoms with Crippen molar-refractivity contribution in [3.05, 3.63) is 32.1 Å². The Hall–Kier alpha value is -1.89. The molecule has 110 valence electrons. The Balaban J connectivity index is 2.03. The lowest BCUT2D eigenvalue weighted by molar-refractivity contribution is -0.132. The van der Waals surface area contributed by atoms with Crippen molar-refractivity contribution in [1.29, 1.82) is 0 Å². The summed E-state index contributed by atoms with van der Waals surface area (Å²) in [5.41, 5.74) is -0.0639. The molecule has 0 unspecified atom stereocenters. The molecule has 1 saturated carbocycles. The molecule has 0 aliphatic heterocycles. The number of aliphatic hydroxyl groups is 1. The monoisotopic (exact) mass is 281 g/mol. The van der Waals surface area contributed by atoms with Crippen molar-refractivity contribution in [3.8, 4) is 0 Å². The van der Waals surface area contributed by atoms with Gasteiger partial charge in [-0.15, -0.1) is 0 Å². The Morgan fingerprint density at radius 3 is 2.60 bits per heavy atom. The Bertz CT molecular complexity index is 600. The molecule has 2 rings (SSSR count). The van der Waals surface area contributed by atoms with Gasteiger partial charge in [-0.2, -0.15) is 0 Å². The number of aromatic nitrogens is 2. The minimum atomic E-state index is -0.539. The van der Waals surface area contributed by atoms with Gasteiger partial charge in [0.15, 0.2) is 0 Å². The van der Waals surface area contributed by atoms with E-state index < -0.39 is 11.2 Å². The van der Waals surface area contributed by atoms with Crippen LogP contribution < -0.4 is 11.2 Å². The van der Waals surface area contributed by atoms with E-state index in [4.69, 9.17) is 5.11 Å². The van der Waals surface area contributed by atoms with Crippen molar-refractivity contribution in [2.45, 2.75) is 38.6 Å². The second-order valence-corrected chi connectivity index (χ2v) is 5.05. The Morgan fingerprint density at radius 1 is 1.35 bits per heavy atom. The molecule has 0 atom stereocenters. The summed E-state index contributed by atoms with van der Waals surface area (Å²) in [7, 11) is 0. The molecule has 7 heteroatoms. The van der Waals surface area contributed by atoms with Crippen LogP contribution in [0.5, 0.6) is 0 Å². The summed E-state index contributed by atoms with van der Waals surface area (Å²) in [6.45, 7) is 1.92. The molecule has 1 heterocycles. The van der Waals surface area contributed by atoms with Crippen molar-refractivity contribution < 1.29 is 9.90 Å². The number of hydrogen-bond donors (Lipinski definition) is 3. The summed E-state index contributed by atoms with van der Waals surface area (Å²) in [5, 5.41) is 8.98. The zero-order valence-electron chi connectivity index (χ0n) is 11.4. The van der Waals surface area contributed by atoms with Crippen LogP contribution in [-0.2, 0) is 11.2 Å². The number of carbonyl (C=O) groups excluding carboxylic acids is 1. The maximum atomic E-state index is 12.1. The average Bonchev–Trinajstić information content (AvgIpc) is 3.18. The van der Waals surface area contributed by atoms with Crippen LogP contribution in [0.3, 0.4) is 0 Å². The standard InChI is InChI=1S/C13H19N3O4/c1-8-10(12(19)15-13(20)14-8)4-5-11(18)16(6-7-17)9-2-3-9/h9,17H,2-7H2,1H3,(H2,14,15,19,20). The first-order chi connectivity index (χ1) is 9.52. The third kappa shape index (κ3) is 3.36. The summed E-state index contributed by atoms with van der Waals surface area (Å²) in [6, 6.07) is 0.240. The lowest BCUT2D eigenvalue weighted by atomic mass is 10.1. The fraction of sp³-hybridized carbons (Fsp3) is 0.615. The van der Waals surface area contributed by atoms with Gasteiger partial charge in [-0.3, -0.25) is 14.6 Å². The van der Waals surface area contributed by atoms with Crippen LogP contribution in [-0.4, -0.2) is 45.1 Å². The molecule has 1 aliphatic rings. The maximum absolute atomic E-state index is 12.1. The SMILES string of the molecule is Cc1[nH]c(=O)[nH]c(=O)c1CCC(=O)N(CCO)C1CC1. The predicted octanol–water partition coefficient (Wildman–Crippen LogP) is -0.712. The minimum Gasteiger partial charge on any atom is -0.395 e. The highest BCUT2D eigenvalue weighted by molar-refractivity contribution is 5.77. The van der Waals surface area contributed by atoms with Crippen molar-refractivity contribution in [2.75, 3.05) is 13.2 Å². The van der Waals surface area contributed by atoms with Crippen molar-refractivity contribution in [2.24, 2.45) is 0 Å². The normalized spacial score (nSPS) is 14.3. The Labute approximate surface area is 115 Å². The molecule has 1 aromatic heterocycles. The van der Waals surface area contributed by atoms with Crippen molar-refractivity contribution in [3.63, 3.8) is 0 Å². The first kappa shape index (κ1) is 14.5. The van der Waals surface area contributed by atoms with Crippen LogP contribution in [0.15, 0.2) is 9.59 Å². The zero-order chi connectivity index (χ0) is 14.7. The van der Waals surface area contributed by atoms with Gasteiger partial charge >= 0.3 is 5.69 Å². The second kappa shape index (κ2) is 6.04. The van der Waals surface area contributed by atoms with Crippen molar-refractivity contribution in [1.82, 2.24) is 14.9 Å². The molecule has 1 aromatic rings. The van der Waals surface area contributed by atoms with Gasteiger partial charge in [-0.1, -0.05) is 0 Å². The quantitative estimate of drug-likeness (QED) is 0.640. The van der Waals surface area contributed by atoms with E-state index in [1.807, 2.05) is 0 Å². The summed E-state index contributed by atoms with van der Waals surface area (Å²) in [6.07, 6.45) is 2.44. The molecule has 0 radical (unpaired) electrons. The third-order valence-electron chi connectivity index (χ3n) is 3.49. The fourth-order valence-corrected chi connectivity index (χ4v) is 2.31. The van der Waals surface area contributed by atoms with Crippen LogP contribution >= 0.6 is 0 Å². The topological polar surface area (TPSA) is 106 Å². The number of nitrogens with zero attached hydrogens (tertiary/aromatic N) is 1. The third-order valence-corrected chi connectivity index (χ3v) is 3.49. The maximum Gasteiger partial charge on any atom is 0.325 e. The highest BCUT2D eigenvalue weighted by Crippen LogP contribution is 2.27. The molecular formula is C13H19N3O4. The minimum absolute atomic E-state index is 0.0551. The predicted molar refractivity (Wildman–Crippen MR) is 72.6 cm³/mol. The van der Waals surface area contributed by atoms with Crippen LogP contribution in [0, 0.1) is 6.92 Å². The number of aromatic amines is 2. The van der Waals surface area contributed by atoms with Gasteiger partial charge in [0.1, 0.15) is 0 Å². The highest BCUT2D eigenvalue weighted by Gasteiger charge is 2.31. The van der Waals surface area contributed by atoms with Crippen LogP contribution in [0.2, 0.25) is 0 Å². The summed E-state index contributed by atoms with van der Waals surface area (Å²) in [5.74, 6) is -0.0634. The number of rotatable bonds is 6. The van der Waals surface area contributed by atoms with E-state index >= 15 is 0 Å². The molecule has 20 heavy (non-hydrogen) atoms. The summed E-state index contributed by atoms with van der Waals surface area (Å²) < 4.78 is 0. The van der Waals surface area contributed by atoms with Gasteiger partial charge in [-0.25, -0.2) is 4.79 Å². The Morgan fingerprint density at radius 2 is 2.05 bits per heavy atom. The zero-order valence-corrected chi connectivity index (χ0v) is 11.4. The van der Waals surface area contributed by atoms with Gasteiger partial charge in [0, 0.05) is 30.3 Å². The summed E-state index contributed by atoms with van der Waals surface area (Å²) >= 11 is 0. The van der Waals surface area contributed by atoms with E-state index in [0.717, 1.165) is 12.8 Å². The fourth-order valence-electron chi connectivity index (χ4n) is 2.31. The molecule has 0 saturated heterocycles. The molecule has 1 aliphatic carbocycles. The number of aliphatic hydroxyl groups excluding tert-OH is 1. The van der Waals surface area contributed by atoms with E-state index in [1.54, 1.807) is 11.8 Å². The first-order valence-electron chi connectivity index (χ1n) is 6.75. The number of carbonyl (C=O) groups is 1. The van der Waals surface area contributed by atoms with Gasteiger partial charge in [0.05, 0.1) is 6.61 Å². The Kier molecular flexibility index (Phi) is 4.39. The first-order valence-corrected chi connectivity index (χ1v) is 6.75. The van der Waals surface area contributed by atoms with Crippen LogP contribution in [0.25, 0.3) is 0 Å². The molecule has 0 spiro atoms. The molecule has 1 fully saturated rings. The number of amides is 1. The largest absolute Gasteiger partial charge is 0.395 e. The lowest BCUT2D eigenvalue weighted by Crippen LogP contribution is -2.36. The molecule has 0 aromatic carbocycles. The van der Waals surface area contributed by atoms with E-state index in [9.17, 15) is 14.4 Å². The highest BCUT2D eigenvalue weighted by atomic mass is 16.3. The molecule has 3 N–H and O–H groups in total. The van der Waals surface area contributed by atoms with Crippen LogP contribution in [0.4, 0.5) is 0 Å². The van der Waals surface area contributed by atoms with E-state index in [0.29, 0.717) is 17.8 Å². The number of hydrogen-bond acceptors (Lipinski definition) is 4. The molecule has 1 amide bonds. The molecule has 7 nitrogen and oxygen atoms in total. The van der Waals surface area contributed by atoms with E-state index in [1.165, 1.54) is 0 Å². The van der Waals surface area contributed by atoms with E-state index in [-0.39, 0.29) is 31.4 Å². The average molecular weight is 281 g/mol. The molecule has 0 bridgehead atoms. The van der Waals surface area contributed by atoms with Crippen molar-refractivity contribution >= 4 is 5.91 Å². The number of nitrogens with one attached hydrogen (secondary N) is 2. The van der Waals surface area contributed by atoms with Gasteiger partial charge in [-0.05, 0) is 26.2 Å². The van der Waals surface area contributed by atoms with Gasteiger partial charge in [0.2, 0.25) is 5.91 Å². The number of H-pyrrole nitrogens is 2. The van der Waals surface area contributed by atoms with Gasteiger partial charge in [0.25, 0.3) is 5.56 Å².